The first kappa shape index (κ1) is 18.6. The maximum Gasteiger partial charge on any atom is 0.336 e. The number of aromatic nitrogens is 2. The number of carboxylic acids is 1. The summed E-state index contributed by atoms with van der Waals surface area (Å²) in [6.45, 7) is 0. The molecule has 0 aliphatic rings. The fourth-order valence-corrected chi connectivity index (χ4v) is 3.15. The molecule has 0 amide bonds. The van der Waals surface area contributed by atoms with E-state index in [-0.39, 0.29) is 11.4 Å². The Balaban J connectivity index is 2.02. The average molecular weight is 404 g/mol. The first-order valence-corrected chi connectivity index (χ1v) is 9.07. The molecule has 0 aliphatic heterocycles. The summed E-state index contributed by atoms with van der Waals surface area (Å²) in [4.78, 5) is 29.4. The molecule has 142 valence electrons. The van der Waals surface area contributed by atoms with E-state index in [1.807, 2.05) is 0 Å². The summed E-state index contributed by atoms with van der Waals surface area (Å²) in [5.41, 5.74) is 0.980. The summed E-state index contributed by atoms with van der Waals surface area (Å²) in [5.74, 6) is -0.986. The summed E-state index contributed by atoms with van der Waals surface area (Å²) in [6.07, 6.45) is 1.45. The van der Waals surface area contributed by atoms with E-state index < -0.39 is 11.5 Å². The molecular formula is C22H14ClN3O3. The van der Waals surface area contributed by atoms with Crippen molar-refractivity contribution in [1.29, 1.82) is 0 Å². The van der Waals surface area contributed by atoms with Gasteiger partial charge < -0.3 is 5.11 Å². The van der Waals surface area contributed by atoms with Crippen LogP contribution in [0.2, 0.25) is 5.02 Å². The minimum Gasteiger partial charge on any atom is -0.478 e. The molecule has 4 rings (SSSR count). The Hall–Kier alpha value is -3.77. The predicted molar refractivity (Wildman–Crippen MR) is 113 cm³/mol. The van der Waals surface area contributed by atoms with E-state index in [9.17, 15) is 14.7 Å². The third kappa shape index (κ3) is 3.53. The van der Waals surface area contributed by atoms with Crippen LogP contribution < -0.4 is 5.56 Å². The number of fused-ring (bicyclic) bond motifs is 1. The summed E-state index contributed by atoms with van der Waals surface area (Å²) in [6, 6.07) is 20.3. The molecule has 0 aliphatic carbocycles. The third-order valence-corrected chi connectivity index (χ3v) is 4.71. The number of hydrogen-bond acceptors (Lipinski definition) is 4. The Morgan fingerprint density at radius 1 is 1.00 bits per heavy atom. The lowest BCUT2D eigenvalue weighted by atomic mass is 10.1. The minimum absolute atomic E-state index is 0.0244. The van der Waals surface area contributed by atoms with Crippen molar-refractivity contribution in [2.75, 3.05) is 0 Å². The Bertz CT molecular complexity index is 1330. The number of nitrogens with zero attached hydrogens (tertiary/aromatic N) is 3. The topological polar surface area (TPSA) is 84.5 Å². The lowest BCUT2D eigenvalue weighted by molar-refractivity contribution is 0.0697. The van der Waals surface area contributed by atoms with Gasteiger partial charge in [0.1, 0.15) is 0 Å². The molecule has 0 atom stereocenters. The lowest BCUT2D eigenvalue weighted by Crippen LogP contribution is -2.21. The number of aromatic carboxylic acids is 1. The minimum atomic E-state index is -1.12. The zero-order chi connectivity index (χ0) is 20.4. The maximum atomic E-state index is 13.1. The van der Waals surface area contributed by atoms with E-state index >= 15 is 0 Å². The van der Waals surface area contributed by atoms with Gasteiger partial charge in [-0.3, -0.25) is 4.79 Å². The molecule has 0 saturated carbocycles. The van der Waals surface area contributed by atoms with Crippen molar-refractivity contribution >= 4 is 34.7 Å². The summed E-state index contributed by atoms with van der Waals surface area (Å²) in [7, 11) is 0. The van der Waals surface area contributed by atoms with Crippen molar-refractivity contribution in [2.24, 2.45) is 5.10 Å². The quantitative estimate of drug-likeness (QED) is 0.515. The van der Waals surface area contributed by atoms with Gasteiger partial charge in [-0.05, 0) is 24.3 Å². The molecule has 6 nitrogen and oxygen atoms in total. The molecule has 29 heavy (non-hydrogen) atoms. The molecule has 4 aromatic rings. The number of halogens is 1. The van der Waals surface area contributed by atoms with E-state index in [1.165, 1.54) is 12.3 Å². The molecule has 0 bridgehead atoms. The Labute approximate surface area is 170 Å². The van der Waals surface area contributed by atoms with Crippen molar-refractivity contribution in [3.8, 4) is 11.4 Å². The van der Waals surface area contributed by atoms with Crippen molar-refractivity contribution in [3.63, 3.8) is 0 Å². The highest BCUT2D eigenvalue weighted by Crippen LogP contribution is 2.23. The smallest absolute Gasteiger partial charge is 0.336 e. The second kappa shape index (κ2) is 7.69. The summed E-state index contributed by atoms with van der Waals surface area (Å²) < 4.78 is 1.10. The van der Waals surface area contributed by atoms with Crippen LogP contribution >= 0.6 is 11.6 Å². The fraction of sp³-hybridized carbons (Fsp3) is 0. The molecule has 0 radical (unpaired) electrons. The van der Waals surface area contributed by atoms with Crippen LogP contribution in [0.1, 0.15) is 15.9 Å². The predicted octanol–water partition coefficient (Wildman–Crippen LogP) is 4.30. The highest BCUT2D eigenvalue weighted by Gasteiger charge is 2.18. The molecule has 0 unspecified atom stereocenters. The van der Waals surface area contributed by atoms with Crippen molar-refractivity contribution in [1.82, 2.24) is 9.66 Å². The van der Waals surface area contributed by atoms with Crippen LogP contribution in [0.25, 0.3) is 22.3 Å². The van der Waals surface area contributed by atoms with Gasteiger partial charge >= 0.3 is 5.97 Å². The first-order valence-electron chi connectivity index (χ1n) is 8.69. The third-order valence-electron chi connectivity index (χ3n) is 4.37. The second-order valence-corrected chi connectivity index (χ2v) is 6.59. The van der Waals surface area contributed by atoms with Crippen LogP contribution in [0.15, 0.2) is 82.7 Å². The molecule has 1 heterocycles. The van der Waals surface area contributed by atoms with Crippen molar-refractivity contribution < 1.29 is 9.90 Å². The number of hydrogen-bond donors (Lipinski definition) is 1. The molecular weight excluding hydrogens is 390 g/mol. The zero-order valence-corrected chi connectivity index (χ0v) is 15.7. The van der Waals surface area contributed by atoms with Crippen LogP contribution in [0.3, 0.4) is 0 Å². The van der Waals surface area contributed by atoms with Gasteiger partial charge in [0.05, 0.1) is 22.7 Å². The molecule has 0 saturated heterocycles. The van der Waals surface area contributed by atoms with Crippen LogP contribution in [-0.4, -0.2) is 27.0 Å². The van der Waals surface area contributed by atoms with E-state index in [1.54, 1.807) is 66.7 Å². The standard InChI is InChI=1S/C22H14ClN3O3/c23-18-11-5-1-7-14(18)13-24-26-20(15-8-2-3-9-16(15)22(28)29)25-19-12-6-4-10-17(19)21(26)27/h1-13H,(H,28,29)/b24-13+. The number of carbonyl (C=O) groups is 1. The summed E-state index contributed by atoms with van der Waals surface area (Å²) in [5, 5.41) is 14.7. The van der Waals surface area contributed by atoms with E-state index in [2.05, 4.69) is 10.1 Å². The lowest BCUT2D eigenvalue weighted by Gasteiger charge is -2.11. The van der Waals surface area contributed by atoms with Gasteiger partial charge in [0.15, 0.2) is 5.82 Å². The Kier molecular flexibility index (Phi) is 4.93. The maximum absolute atomic E-state index is 13.1. The monoisotopic (exact) mass is 403 g/mol. The van der Waals surface area contributed by atoms with E-state index in [0.717, 1.165) is 4.68 Å². The fourth-order valence-electron chi connectivity index (χ4n) is 2.97. The molecule has 1 N–H and O–H groups in total. The SMILES string of the molecule is O=C(O)c1ccccc1-c1nc2ccccc2c(=O)n1/N=C/c1ccccc1Cl. The highest BCUT2D eigenvalue weighted by atomic mass is 35.5. The largest absolute Gasteiger partial charge is 0.478 e. The van der Waals surface area contributed by atoms with Gasteiger partial charge in [-0.15, -0.1) is 0 Å². The van der Waals surface area contributed by atoms with E-state index in [4.69, 9.17) is 11.6 Å². The van der Waals surface area contributed by atoms with Gasteiger partial charge in [-0.25, -0.2) is 9.78 Å². The highest BCUT2D eigenvalue weighted by molar-refractivity contribution is 6.33. The van der Waals surface area contributed by atoms with Gasteiger partial charge in [0.25, 0.3) is 5.56 Å². The second-order valence-electron chi connectivity index (χ2n) is 6.19. The first-order chi connectivity index (χ1) is 14.1. The molecule has 1 aromatic heterocycles. The van der Waals surface area contributed by atoms with Gasteiger partial charge in [-0.2, -0.15) is 9.78 Å². The molecule has 7 heteroatoms. The normalized spacial score (nSPS) is 11.2. The number of carboxylic acid groups (broad SMARTS) is 1. The van der Waals surface area contributed by atoms with Crippen LogP contribution in [0.4, 0.5) is 0 Å². The summed E-state index contributed by atoms with van der Waals surface area (Å²) >= 11 is 6.18. The van der Waals surface area contributed by atoms with Crippen molar-refractivity contribution in [2.45, 2.75) is 0 Å². The zero-order valence-electron chi connectivity index (χ0n) is 15.0. The van der Waals surface area contributed by atoms with Crippen molar-refractivity contribution in [3.05, 3.63) is 99.3 Å². The van der Waals surface area contributed by atoms with Gasteiger partial charge in [0, 0.05) is 16.1 Å². The van der Waals surface area contributed by atoms with Crippen LogP contribution in [0, 0.1) is 0 Å². The number of rotatable bonds is 4. The Morgan fingerprint density at radius 3 is 2.48 bits per heavy atom. The molecule has 3 aromatic carbocycles. The van der Waals surface area contributed by atoms with Crippen LogP contribution in [-0.2, 0) is 0 Å². The average Bonchev–Trinajstić information content (AvgIpc) is 2.74. The number of para-hydroxylation sites is 1. The molecule has 0 spiro atoms. The molecule has 0 fully saturated rings. The van der Waals surface area contributed by atoms with Crippen LogP contribution in [0.5, 0.6) is 0 Å². The van der Waals surface area contributed by atoms with Gasteiger partial charge in [-0.1, -0.05) is 60.1 Å². The van der Waals surface area contributed by atoms with E-state index in [0.29, 0.717) is 27.1 Å². The number of benzene rings is 3. The Morgan fingerprint density at radius 2 is 1.69 bits per heavy atom. The van der Waals surface area contributed by atoms with Gasteiger partial charge in [0.2, 0.25) is 0 Å².